The van der Waals surface area contributed by atoms with Crippen LogP contribution in [0.5, 0.6) is 11.5 Å². The lowest BCUT2D eigenvalue weighted by Gasteiger charge is -2.23. The third kappa shape index (κ3) is 6.98. The van der Waals surface area contributed by atoms with Crippen molar-refractivity contribution in [3.63, 3.8) is 0 Å². The topological polar surface area (TPSA) is 40.6 Å². The van der Waals surface area contributed by atoms with Crippen LogP contribution in [-0.4, -0.2) is 12.3 Å². The largest absolute Gasteiger partial charge is 0.788 e. The van der Waals surface area contributed by atoms with E-state index in [1.165, 1.54) is 12.1 Å². The molecule has 190 valence electrons. The lowest BCUT2D eigenvalue weighted by atomic mass is 10.0. The third-order valence-electron chi connectivity index (χ3n) is 5.50. The standard InChI is InChI=1S/C27H21BCl2F3NO3/c1-17-6-12-21(15-23(17)29)35-28(36-22-13-7-18(2)24(30)16-22)37-26(25-5-3-4-14-34-25)19-8-10-20(11-9-19)27(31,32)33/h3-16,26H,1-2H3. The SMILES string of the molecule is Cc1ccc(OB(Oc2ccc(C)c(Cl)c2)OC(c2ccc(C(F)(F)F)cc2)c2ccccn2)cc1Cl. The fraction of sp³-hybridized carbons (Fsp3) is 0.148. The lowest BCUT2D eigenvalue weighted by Crippen LogP contribution is -2.35. The molecule has 0 amide bonds. The summed E-state index contributed by atoms with van der Waals surface area (Å²) in [5.74, 6) is 0.733. The second-order valence-corrected chi connectivity index (χ2v) is 9.05. The molecule has 10 heteroatoms. The molecule has 4 nitrogen and oxygen atoms in total. The second kappa shape index (κ2) is 11.5. The number of halogens is 5. The molecule has 1 heterocycles. The molecule has 0 aliphatic carbocycles. The minimum absolute atomic E-state index is 0.367. The number of hydrogen-bond donors (Lipinski definition) is 0. The Balaban J connectivity index is 1.70. The zero-order valence-corrected chi connectivity index (χ0v) is 21.3. The molecule has 1 atom stereocenters. The first-order chi connectivity index (χ1) is 17.6. The summed E-state index contributed by atoms with van der Waals surface area (Å²) in [5, 5.41) is 0.970. The molecule has 0 aliphatic heterocycles. The average molecular weight is 546 g/mol. The lowest BCUT2D eigenvalue weighted by molar-refractivity contribution is -0.137. The Labute approximate surface area is 223 Å². The van der Waals surface area contributed by atoms with Crippen molar-refractivity contribution in [1.82, 2.24) is 4.98 Å². The van der Waals surface area contributed by atoms with Gasteiger partial charge in [0.2, 0.25) is 0 Å². The Morgan fingerprint density at radius 3 is 1.81 bits per heavy atom. The van der Waals surface area contributed by atoms with Crippen molar-refractivity contribution in [3.05, 3.63) is 123 Å². The highest BCUT2D eigenvalue weighted by Crippen LogP contribution is 2.33. The molecular weight excluding hydrogens is 525 g/mol. The molecule has 1 unspecified atom stereocenters. The van der Waals surface area contributed by atoms with Crippen LogP contribution >= 0.6 is 23.2 Å². The molecule has 0 fully saturated rings. The van der Waals surface area contributed by atoms with Crippen molar-refractivity contribution in [2.45, 2.75) is 26.1 Å². The summed E-state index contributed by atoms with van der Waals surface area (Å²) < 4.78 is 57.7. The van der Waals surface area contributed by atoms with Gasteiger partial charge in [0.25, 0.3) is 0 Å². The van der Waals surface area contributed by atoms with Crippen LogP contribution in [0.25, 0.3) is 0 Å². The molecule has 0 N–H and O–H groups in total. The summed E-state index contributed by atoms with van der Waals surface area (Å²) in [7, 11) is -1.34. The molecule has 4 rings (SSSR count). The Morgan fingerprint density at radius 2 is 1.35 bits per heavy atom. The zero-order valence-electron chi connectivity index (χ0n) is 19.8. The molecule has 0 bridgehead atoms. The summed E-state index contributed by atoms with van der Waals surface area (Å²) in [6.07, 6.45) is -3.83. The Kier molecular flexibility index (Phi) is 8.32. The van der Waals surface area contributed by atoms with Gasteiger partial charge in [0.05, 0.1) is 11.3 Å². The van der Waals surface area contributed by atoms with Crippen molar-refractivity contribution in [1.29, 1.82) is 0 Å². The molecule has 37 heavy (non-hydrogen) atoms. The highest BCUT2D eigenvalue weighted by molar-refractivity contribution is 6.39. The van der Waals surface area contributed by atoms with Gasteiger partial charge in [0.1, 0.15) is 17.6 Å². The Morgan fingerprint density at radius 1 is 0.784 bits per heavy atom. The Bertz CT molecular complexity index is 1300. The van der Waals surface area contributed by atoms with Crippen LogP contribution in [0.2, 0.25) is 10.0 Å². The molecular formula is C27H21BCl2F3NO3. The molecule has 0 radical (unpaired) electrons. The van der Waals surface area contributed by atoms with E-state index in [4.69, 9.17) is 37.2 Å². The fourth-order valence-corrected chi connectivity index (χ4v) is 3.74. The molecule has 0 spiro atoms. The summed E-state index contributed by atoms with van der Waals surface area (Å²) in [4.78, 5) is 4.34. The summed E-state index contributed by atoms with van der Waals surface area (Å²) in [5.41, 5.74) is 1.81. The van der Waals surface area contributed by atoms with Crippen molar-refractivity contribution >= 4 is 30.5 Å². The quantitative estimate of drug-likeness (QED) is 0.209. The van der Waals surface area contributed by atoms with E-state index in [-0.39, 0.29) is 0 Å². The molecule has 0 aliphatic rings. The predicted octanol–water partition coefficient (Wildman–Crippen LogP) is 8.27. The van der Waals surface area contributed by atoms with E-state index in [1.807, 2.05) is 13.8 Å². The summed E-state index contributed by atoms with van der Waals surface area (Å²) in [6.45, 7) is 3.71. The molecule has 0 saturated carbocycles. The first-order valence-corrected chi connectivity index (χ1v) is 11.9. The van der Waals surface area contributed by atoms with Gasteiger partial charge in [-0.25, -0.2) is 0 Å². The number of aromatic nitrogens is 1. The van der Waals surface area contributed by atoms with Crippen LogP contribution in [-0.2, 0) is 10.8 Å². The average Bonchev–Trinajstić information content (AvgIpc) is 2.87. The normalized spacial score (nSPS) is 12.2. The van der Waals surface area contributed by atoms with Crippen LogP contribution in [0.4, 0.5) is 13.2 Å². The van der Waals surface area contributed by atoms with E-state index >= 15 is 0 Å². The fourth-order valence-electron chi connectivity index (χ4n) is 3.40. The monoisotopic (exact) mass is 545 g/mol. The highest BCUT2D eigenvalue weighted by atomic mass is 35.5. The zero-order chi connectivity index (χ0) is 26.6. The molecule has 1 aromatic heterocycles. The van der Waals surface area contributed by atoms with Gasteiger partial charge >= 0.3 is 13.5 Å². The minimum atomic E-state index is -4.47. The molecule has 0 saturated heterocycles. The maximum absolute atomic E-state index is 13.2. The number of alkyl halides is 3. The van der Waals surface area contributed by atoms with E-state index in [2.05, 4.69) is 4.98 Å². The number of pyridine rings is 1. The van der Waals surface area contributed by atoms with Gasteiger partial charge < -0.3 is 14.0 Å². The highest BCUT2D eigenvalue weighted by Gasteiger charge is 2.35. The van der Waals surface area contributed by atoms with Crippen LogP contribution in [0, 0.1) is 13.8 Å². The maximum Gasteiger partial charge on any atom is 0.788 e. The second-order valence-electron chi connectivity index (χ2n) is 8.24. The first-order valence-electron chi connectivity index (χ1n) is 11.2. The number of nitrogens with zero attached hydrogens (tertiary/aromatic N) is 1. The number of aryl methyl sites for hydroxylation is 2. The van der Waals surface area contributed by atoms with E-state index in [0.717, 1.165) is 23.3 Å². The van der Waals surface area contributed by atoms with Gasteiger partial charge in [-0.3, -0.25) is 4.98 Å². The van der Waals surface area contributed by atoms with Crippen LogP contribution < -0.4 is 9.31 Å². The predicted molar refractivity (Wildman–Crippen MR) is 138 cm³/mol. The van der Waals surface area contributed by atoms with Crippen molar-refractivity contribution in [2.75, 3.05) is 0 Å². The van der Waals surface area contributed by atoms with Crippen molar-refractivity contribution in [2.24, 2.45) is 0 Å². The third-order valence-corrected chi connectivity index (χ3v) is 6.31. The van der Waals surface area contributed by atoms with Gasteiger partial charge in [-0.15, -0.1) is 0 Å². The molecule has 4 aromatic rings. The van der Waals surface area contributed by atoms with E-state index in [1.54, 1.807) is 60.8 Å². The van der Waals surface area contributed by atoms with E-state index in [0.29, 0.717) is 32.8 Å². The van der Waals surface area contributed by atoms with Gasteiger partial charge in [-0.05, 0) is 79.1 Å². The summed E-state index contributed by atoms with van der Waals surface area (Å²) in [6, 6.07) is 20.0. The van der Waals surface area contributed by atoms with Gasteiger partial charge in [0, 0.05) is 16.2 Å². The van der Waals surface area contributed by atoms with Crippen LogP contribution in [0.15, 0.2) is 85.1 Å². The number of hydrogen-bond acceptors (Lipinski definition) is 4. The van der Waals surface area contributed by atoms with Gasteiger partial charge in [0.15, 0.2) is 0 Å². The van der Waals surface area contributed by atoms with Crippen molar-refractivity contribution < 1.29 is 27.1 Å². The van der Waals surface area contributed by atoms with Gasteiger partial charge in [-0.2, -0.15) is 13.2 Å². The minimum Gasteiger partial charge on any atom is -0.501 e. The van der Waals surface area contributed by atoms with Crippen LogP contribution in [0.3, 0.4) is 0 Å². The smallest absolute Gasteiger partial charge is 0.501 e. The first kappa shape index (κ1) is 26.9. The van der Waals surface area contributed by atoms with Gasteiger partial charge in [-0.1, -0.05) is 53.5 Å². The summed E-state index contributed by atoms with van der Waals surface area (Å²) >= 11 is 12.5. The van der Waals surface area contributed by atoms with E-state index < -0.39 is 25.2 Å². The van der Waals surface area contributed by atoms with Crippen LogP contribution in [0.1, 0.15) is 34.1 Å². The van der Waals surface area contributed by atoms with E-state index in [9.17, 15) is 13.2 Å². The molecule has 3 aromatic carbocycles. The number of benzene rings is 3. The Hall–Kier alpha value is -3.20. The number of rotatable bonds is 8. The van der Waals surface area contributed by atoms with Crippen molar-refractivity contribution in [3.8, 4) is 11.5 Å². The maximum atomic E-state index is 13.2.